The summed E-state index contributed by atoms with van der Waals surface area (Å²) in [5, 5.41) is 0. The number of benzene rings is 3. The molecule has 0 radical (unpaired) electrons. The van der Waals surface area contributed by atoms with E-state index >= 15 is 0 Å². The van der Waals surface area contributed by atoms with Crippen molar-refractivity contribution < 1.29 is 56.8 Å². The Morgan fingerprint density at radius 2 is 0.638 bits per heavy atom. The maximum absolute atomic E-state index is 6.75. The Bertz CT molecular complexity index is 1780. The molecule has 6 aliphatic heterocycles. The van der Waals surface area contributed by atoms with E-state index in [1.54, 1.807) is 0 Å². The van der Waals surface area contributed by atoms with Gasteiger partial charge in [0.2, 0.25) is 0 Å². The van der Waals surface area contributed by atoms with Gasteiger partial charge in [0.25, 0.3) is 0 Å². The van der Waals surface area contributed by atoms with E-state index < -0.39 is 0 Å². The first-order chi connectivity index (χ1) is 28.5. The molecule has 12 heteroatoms. The summed E-state index contributed by atoms with van der Waals surface area (Å²) < 4.78 is 72.3. The van der Waals surface area contributed by atoms with Crippen molar-refractivity contribution in [2.24, 2.45) is 5.92 Å². The van der Waals surface area contributed by atoms with Crippen molar-refractivity contribution in [1.29, 1.82) is 0 Å². The van der Waals surface area contributed by atoms with Crippen LogP contribution in [0.3, 0.4) is 0 Å². The summed E-state index contributed by atoms with van der Waals surface area (Å²) >= 11 is 0. The summed E-state index contributed by atoms with van der Waals surface area (Å²) in [6, 6.07) is 19.6. The zero-order valence-electron chi connectivity index (χ0n) is 32.9. The molecule has 12 nitrogen and oxygen atoms in total. The van der Waals surface area contributed by atoms with Crippen molar-refractivity contribution in [1.82, 2.24) is 0 Å². The highest BCUT2D eigenvalue weighted by atomic mass is 16.6. The molecule has 3 aromatic carbocycles. The number of ether oxygens (including phenoxy) is 12. The molecular formula is C46H52O12. The molecule has 0 amide bonds. The largest absolute Gasteiger partial charge is 0.491 e. The van der Waals surface area contributed by atoms with Crippen LogP contribution in [-0.4, -0.2) is 116 Å². The highest BCUT2D eigenvalue weighted by molar-refractivity contribution is 5.56. The quantitative estimate of drug-likeness (QED) is 0.127. The zero-order valence-corrected chi connectivity index (χ0v) is 32.9. The highest BCUT2D eigenvalue weighted by Gasteiger charge is 2.66. The highest BCUT2D eigenvalue weighted by Crippen LogP contribution is 2.73. The van der Waals surface area contributed by atoms with Gasteiger partial charge in [-0.15, -0.1) is 0 Å². The molecule has 13 rings (SSSR count). The van der Waals surface area contributed by atoms with Gasteiger partial charge in [-0.2, -0.15) is 0 Å². The van der Waals surface area contributed by atoms with Gasteiger partial charge < -0.3 is 56.8 Å². The van der Waals surface area contributed by atoms with Crippen LogP contribution in [0.25, 0.3) is 0 Å². The summed E-state index contributed by atoms with van der Waals surface area (Å²) in [5.74, 6) is 5.52. The van der Waals surface area contributed by atoms with Crippen molar-refractivity contribution in [2.75, 3.05) is 79.3 Å². The molecule has 10 aliphatic rings. The second-order valence-corrected chi connectivity index (χ2v) is 18.4. The lowest BCUT2D eigenvalue weighted by Crippen LogP contribution is -2.62. The van der Waals surface area contributed by atoms with Crippen LogP contribution in [0.1, 0.15) is 55.2 Å². The molecule has 10 fully saturated rings. The van der Waals surface area contributed by atoms with Crippen LogP contribution in [-0.2, 0) is 44.7 Å². The lowest BCUT2D eigenvalue weighted by Gasteiger charge is -2.67. The fourth-order valence-electron chi connectivity index (χ4n) is 10.9. The van der Waals surface area contributed by atoms with Crippen LogP contribution in [0.4, 0.5) is 0 Å². The molecule has 6 saturated heterocycles. The Labute approximate surface area is 338 Å². The predicted molar refractivity (Wildman–Crippen MR) is 207 cm³/mol. The normalized spacial score (nSPS) is 36.5. The Balaban J connectivity index is 0.969. The third-order valence-electron chi connectivity index (χ3n) is 13.6. The van der Waals surface area contributed by atoms with Gasteiger partial charge >= 0.3 is 0 Å². The van der Waals surface area contributed by atoms with E-state index in [1.807, 2.05) is 0 Å². The second kappa shape index (κ2) is 14.2. The van der Waals surface area contributed by atoms with Crippen LogP contribution < -0.4 is 28.4 Å². The summed E-state index contributed by atoms with van der Waals surface area (Å²) in [4.78, 5) is 0. The Morgan fingerprint density at radius 1 is 0.379 bits per heavy atom. The van der Waals surface area contributed by atoms with Gasteiger partial charge in [0.15, 0.2) is 0 Å². The minimum absolute atomic E-state index is 0.121. The van der Waals surface area contributed by atoms with Gasteiger partial charge in [-0.25, -0.2) is 0 Å². The third-order valence-corrected chi connectivity index (χ3v) is 13.6. The Morgan fingerprint density at radius 3 is 0.897 bits per heavy atom. The Hall–Kier alpha value is -3.78. The average molecular weight is 797 g/mol. The molecule has 4 bridgehead atoms. The predicted octanol–water partition coefficient (Wildman–Crippen LogP) is 5.46. The van der Waals surface area contributed by atoms with E-state index in [0.29, 0.717) is 45.6 Å². The first kappa shape index (κ1) is 36.1. The van der Waals surface area contributed by atoms with E-state index in [2.05, 4.69) is 54.6 Å². The molecule has 58 heavy (non-hydrogen) atoms. The maximum Gasteiger partial charge on any atom is 0.126 e. The van der Waals surface area contributed by atoms with Crippen LogP contribution in [0.2, 0.25) is 0 Å². The lowest BCUT2D eigenvalue weighted by atomic mass is 9.36. The molecule has 4 aliphatic carbocycles. The average Bonchev–Trinajstić information content (AvgIpc) is 4.02. The minimum Gasteiger partial charge on any atom is -0.491 e. The van der Waals surface area contributed by atoms with Crippen molar-refractivity contribution >= 4 is 0 Å². The third kappa shape index (κ3) is 7.60. The first-order valence-corrected chi connectivity index (χ1v) is 21.4. The van der Waals surface area contributed by atoms with E-state index in [4.69, 9.17) is 56.8 Å². The maximum atomic E-state index is 6.75. The monoisotopic (exact) mass is 796 g/mol. The topological polar surface area (TPSA) is 131 Å². The van der Waals surface area contributed by atoms with Crippen LogP contribution in [0, 0.1) is 5.92 Å². The van der Waals surface area contributed by atoms with Crippen LogP contribution in [0.5, 0.6) is 34.5 Å². The van der Waals surface area contributed by atoms with E-state index in [9.17, 15) is 0 Å². The summed E-state index contributed by atoms with van der Waals surface area (Å²) in [6.45, 7) is 7.59. The van der Waals surface area contributed by atoms with Crippen molar-refractivity contribution in [3.05, 3.63) is 71.3 Å². The molecule has 0 aromatic heterocycles. The number of rotatable bonds is 21. The van der Waals surface area contributed by atoms with E-state index in [1.165, 1.54) is 16.7 Å². The fraction of sp³-hybridized carbons (Fsp3) is 0.609. The molecular weight excluding hydrogens is 744 g/mol. The van der Waals surface area contributed by atoms with Crippen molar-refractivity contribution in [3.8, 4) is 34.5 Å². The smallest absolute Gasteiger partial charge is 0.126 e. The van der Waals surface area contributed by atoms with Gasteiger partial charge in [-0.05, 0) is 62.6 Å². The SMILES string of the molecule is c1cc(C23CC4CC(c5ccc(OCC6CO6)cc5OCC5CO5)(C2)CC(c2ccc(OCC5CO5)cc2OCC2CO2)(C4)C3)c(OCC2CO2)cc1OCC1CO1. The molecule has 6 heterocycles. The van der Waals surface area contributed by atoms with Crippen LogP contribution >= 0.6 is 0 Å². The Kier molecular flexibility index (Phi) is 8.82. The fourth-order valence-corrected chi connectivity index (χ4v) is 10.9. The summed E-state index contributed by atoms with van der Waals surface area (Å²) in [7, 11) is 0. The number of hydrogen-bond donors (Lipinski definition) is 0. The first-order valence-electron chi connectivity index (χ1n) is 21.4. The van der Waals surface area contributed by atoms with E-state index in [-0.39, 0.29) is 52.9 Å². The number of epoxide rings is 6. The molecule has 0 N–H and O–H groups in total. The molecule has 6 atom stereocenters. The molecule has 6 unspecified atom stereocenters. The van der Waals surface area contributed by atoms with Gasteiger partial charge in [-0.3, -0.25) is 0 Å². The van der Waals surface area contributed by atoms with Crippen molar-refractivity contribution in [2.45, 2.75) is 91.4 Å². The molecule has 308 valence electrons. The molecule has 4 saturated carbocycles. The molecule has 3 aromatic rings. The molecule has 0 spiro atoms. The van der Waals surface area contributed by atoms with Gasteiger partial charge in [-0.1, -0.05) is 18.2 Å². The van der Waals surface area contributed by atoms with Crippen molar-refractivity contribution in [3.63, 3.8) is 0 Å². The van der Waals surface area contributed by atoms with Gasteiger partial charge in [0, 0.05) is 51.1 Å². The standard InChI is InChI=1S/C46H52O12/c1-4-38(41(56-22-35-19-53-35)7-29(1)47-13-32-16-50-32)44-10-28-11-45(25-44,39-5-2-30(48-14-33-17-51-33)8-42(39)57-23-36-20-54-36)27-46(12-28,26-44)40-6-3-31(49-15-34-18-52-34)9-43(40)58-24-37-21-55-37/h1-9,28,32-37H,10-27H2. The zero-order chi connectivity index (χ0) is 38.3. The number of hydrogen-bond acceptors (Lipinski definition) is 12. The van der Waals surface area contributed by atoms with Gasteiger partial charge in [0.05, 0.1) is 39.6 Å². The second-order valence-electron chi connectivity index (χ2n) is 18.4. The van der Waals surface area contributed by atoms with Gasteiger partial charge in [0.1, 0.15) is 111 Å². The minimum atomic E-state index is -0.206. The van der Waals surface area contributed by atoms with E-state index in [0.717, 1.165) is 113 Å². The lowest BCUT2D eigenvalue weighted by molar-refractivity contribution is -0.0519. The summed E-state index contributed by atoms with van der Waals surface area (Å²) in [5.41, 5.74) is 3.12. The van der Waals surface area contributed by atoms with Crippen LogP contribution in [0.15, 0.2) is 54.6 Å². The summed E-state index contributed by atoms with van der Waals surface area (Å²) in [6.07, 6.45) is 6.97.